The zero-order valence-electron chi connectivity index (χ0n) is 8.52. The normalized spacial score (nSPS) is 10.4. The van der Waals surface area contributed by atoms with E-state index in [4.69, 9.17) is 5.73 Å². The van der Waals surface area contributed by atoms with Gasteiger partial charge in [-0.2, -0.15) is 0 Å². The maximum absolute atomic E-state index is 5.70. The minimum Gasteiger partial charge on any atom is -0.398 e. The van der Waals surface area contributed by atoms with Crippen molar-refractivity contribution in [3.8, 4) is 0 Å². The smallest absolute Gasteiger partial charge is 0.0458 e. The zero-order valence-corrected chi connectivity index (χ0v) is 10.1. The molecule has 0 aliphatic rings. The van der Waals surface area contributed by atoms with Gasteiger partial charge in [-0.25, -0.2) is 0 Å². The van der Waals surface area contributed by atoms with E-state index < -0.39 is 0 Å². The molecule has 0 aliphatic heterocycles. The maximum atomic E-state index is 5.70. The molecule has 0 amide bonds. The van der Waals surface area contributed by atoms with E-state index in [9.17, 15) is 0 Å². The Kier molecular flexibility index (Phi) is 4.98. The van der Waals surface area contributed by atoms with Crippen LogP contribution in [-0.4, -0.2) is 6.54 Å². The Balaban J connectivity index is 2.39. The van der Waals surface area contributed by atoms with Gasteiger partial charge in [-0.05, 0) is 46.6 Å². The first-order valence-corrected chi connectivity index (χ1v) is 5.78. The number of rotatable bonds is 5. The number of anilines is 1. The monoisotopic (exact) mass is 256 g/mol. The Bertz CT molecular complexity index is 287. The lowest BCUT2D eigenvalue weighted by molar-refractivity contribution is 0.641. The van der Waals surface area contributed by atoms with E-state index in [0.29, 0.717) is 0 Å². The molecule has 0 saturated carbocycles. The molecule has 0 heterocycles. The zero-order chi connectivity index (χ0) is 10.4. The summed E-state index contributed by atoms with van der Waals surface area (Å²) < 4.78 is 0.979. The first kappa shape index (κ1) is 11.5. The molecular weight excluding hydrogens is 240 g/mol. The highest BCUT2D eigenvalue weighted by atomic mass is 79.9. The summed E-state index contributed by atoms with van der Waals surface area (Å²) in [6.45, 7) is 4.19. The highest BCUT2D eigenvalue weighted by Gasteiger charge is 1.97. The Hall–Kier alpha value is -0.540. The van der Waals surface area contributed by atoms with Crippen molar-refractivity contribution >= 4 is 21.6 Å². The quantitative estimate of drug-likeness (QED) is 0.628. The fourth-order valence-corrected chi connectivity index (χ4v) is 1.64. The molecule has 78 valence electrons. The van der Waals surface area contributed by atoms with Gasteiger partial charge in [0.05, 0.1) is 0 Å². The number of hydrogen-bond acceptors (Lipinski definition) is 2. The van der Waals surface area contributed by atoms with Crippen LogP contribution in [0.1, 0.15) is 25.3 Å². The van der Waals surface area contributed by atoms with Gasteiger partial charge in [0.1, 0.15) is 0 Å². The standard InChI is InChI=1S/C11H17BrN2/c1-2-3-6-14-8-9-4-5-11(13)10(12)7-9/h4-5,7,14H,2-3,6,8,13H2,1H3. The maximum Gasteiger partial charge on any atom is 0.0458 e. The summed E-state index contributed by atoms with van der Waals surface area (Å²) in [4.78, 5) is 0. The van der Waals surface area contributed by atoms with Gasteiger partial charge in [-0.1, -0.05) is 19.4 Å². The van der Waals surface area contributed by atoms with Gasteiger partial charge < -0.3 is 11.1 Å². The molecule has 1 aromatic rings. The minimum absolute atomic E-state index is 0.794. The van der Waals surface area contributed by atoms with Crippen molar-refractivity contribution in [2.24, 2.45) is 0 Å². The summed E-state index contributed by atoms with van der Waals surface area (Å²) in [5, 5.41) is 3.39. The van der Waals surface area contributed by atoms with Crippen molar-refractivity contribution in [1.82, 2.24) is 5.32 Å². The number of nitrogens with one attached hydrogen (secondary N) is 1. The lowest BCUT2D eigenvalue weighted by Gasteiger charge is -2.05. The van der Waals surface area contributed by atoms with Crippen LogP contribution in [0.4, 0.5) is 5.69 Å². The summed E-state index contributed by atoms with van der Waals surface area (Å²) in [6, 6.07) is 6.05. The van der Waals surface area contributed by atoms with E-state index in [1.807, 2.05) is 6.07 Å². The fraction of sp³-hybridized carbons (Fsp3) is 0.455. The third kappa shape index (κ3) is 3.68. The average molecular weight is 257 g/mol. The highest BCUT2D eigenvalue weighted by molar-refractivity contribution is 9.10. The topological polar surface area (TPSA) is 38.0 Å². The molecule has 0 saturated heterocycles. The van der Waals surface area contributed by atoms with Crippen LogP contribution >= 0.6 is 15.9 Å². The van der Waals surface area contributed by atoms with Gasteiger partial charge in [0.15, 0.2) is 0 Å². The first-order valence-electron chi connectivity index (χ1n) is 4.98. The summed E-state index contributed by atoms with van der Waals surface area (Å²) in [5.74, 6) is 0. The van der Waals surface area contributed by atoms with Crippen molar-refractivity contribution < 1.29 is 0 Å². The number of hydrogen-bond donors (Lipinski definition) is 2. The van der Waals surface area contributed by atoms with E-state index in [1.54, 1.807) is 0 Å². The lowest BCUT2D eigenvalue weighted by Crippen LogP contribution is -2.14. The summed E-state index contributed by atoms with van der Waals surface area (Å²) in [6.07, 6.45) is 2.47. The van der Waals surface area contributed by atoms with Gasteiger partial charge in [0.2, 0.25) is 0 Å². The Morgan fingerprint density at radius 1 is 1.43 bits per heavy atom. The van der Waals surface area contributed by atoms with Crippen LogP contribution in [0.15, 0.2) is 22.7 Å². The van der Waals surface area contributed by atoms with Crippen LogP contribution in [0, 0.1) is 0 Å². The molecule has 1 aromatic carbocycles. The number of unbranched alkanes of at least 4 members (excludes halogenated alkanes) is 1. The summed E-state index contributed by atoms with van der Waals surface area (Å²) in [5.41, 5.74) is 7.76. The molecule has 0 fully saturated rings. The Morgan fingerprint density at radius 3 is 2.86 bits per heavy atom. The summed E-state index contributed by atoms with van der Waals surface area (Å²) >= 11 is 3.42. The van der Waals surface area contributed by atoms with Crippen molar-refractivity contribution in [2.75, 3.05) is 12.3 Å². The third-order valence-corrected chi connectivity index (χ3v) is 2.79. The van der Waals surface area contributed by atoms with Crippen LogP contribution < -0.4 is 11.1 Å². The molecule has 1 rings (SSSR count). The summed E-state index contributed by atoms with van der Waals surface area (Å²) in [7, 11) is 0. The van der Waals surface area contributed by atoms with Gasteiger partial charge in [0, 0.05) is 16.7 Å². The second-order valence-corrected chi connectivity index (χ2v) is 4.24. The van der Waals surface area contributed by atoms with Gasteiger partial charge in [-0.3, -0.25) is 0 Å². The first-order chi connectivity index (χ1) is 6.74. The van der Waals surface area contributed by atoms with Crippen LogP contribution in [0.25, 0.3) is 0 Å². The molecule has 3 heteroatoms. The van der Waals surface area contributed by atoms with Crippen molar-refractivity contribution in [3.63, 3.8) is 0 Å². The molecule has 0 bridgehead atoms. The molecule has 0 aromatic heterocycles. The van der Waals surface area contributed by atoms with E-state index >= 15 is 0 Å². The van der Waals surface area contributed by atoms with Crippen molar-refractivity contribution in [1.29, 1.82) is 0 Å². The second kappa shape index (κ2) is 6.04. The number of nitrogen functional groups attached to an aromatic ring is 1. The predicted molar refractivity (Wildman–Crippen MR) is 65.2 cm³/mol. The molecule has 0 radical (unpaired) electrons. The van der Waals surface area contributed by atoms with Crippen molar-refractivity contribution in [2.45, 2.75) is 26.3 Å². The molecule has 0 unspecified atom stereocenters. The lowest BCUT2D eigenvalue weighted by atomic mass is 10.2. The number of halogens is 1. The average Bonchev–Trinajstić information content (AvgIpc) is 2.18. The van der Waals surface area contributed by atoms with Crippen LogP contribution in [0.5, 0.6) is 0 Å². The third-order valence-electron chi connectivity index (χ3n) is 2.10. The van der Waals surface area contributed by atoms with E-state index in [2.05, 4.69) is 40.3 Å². The van der Waals surface area contributed by atoms with Gasteiger partial charge in [0.25, 0.3) is 0 Å². The SMILES string of the molecule is CCCCNCc1ccc(N)c(Br)c1. The Labute approximate surface area is 94.0 Å². The van der Waals surface area contributed by atoms with E-state index in [1.165, 1.54) is 18.4 Å². The fourth-order valence-electron chi connectivity index (χ4n) is 1.22. The largest absolute Gasteiger partial charge is 0.398 e. The molecule has 0 spiro atoms. The minimum atomic E-state index is 0.794. The van der Waals surface area contributed by atoms with Gasteiger partial charge >= 0.3 is 0 Å². The Morgan fingerprint density at radius 2 is 2.21 bits per heavy atom. The molecule has 0 aliphatic carbocycles. The molecular formula is C11H17BrN2. The highest BCUT2D eigenvalue weighted by Crippen LogP contribution is 2.20. The van der Waals surface area contributed by atoms with Crippen LogP contribution in [0.3, 0.4) is 0 Å². The molecule has 14 heavy (non-hydrogen) atoms. The van der Waals surface area contributed by atoms with E-state index in [-0.39, 0.29) is 0 Å². The second-order valence-electron chi connectivity index (χ2n) is 3.39. The van der Waals surface area contributed by atoms with Crippen LogP contribution in [-0.2, 0) is 6.54 Å². The molecule has 3 N–H and O–H groups in total. The number of benzene rings is 1. The van der Waals surface area contributed by atoms with Crippen molar-refractivity contribution in [3.05, 3.63) is 28.2 Å². The molecule has 0 atom stereocenters. The molecule has 2 nitrogen and oxygen atoms in total. The number of nitrogens with two attached hydrogens (primary N) is 1. The van der Waals surface area contributed by atoms with E-state index in [0.717, 1.165) is 23.2 Å². The van der Waals surface area contributed by atoms with Gasteiger partial charge in [-0.15, -0.1) is 0 Å². The van der Waals surface area contributed by atoms with Crippen LogP contribution in [0.2, 0.25) is 0 Å². The predicted octanol–water partition coefficient (Wildman–Crippen LogP) is 2.92.